The Labute approximate surface area is 163 Å². The van der Waals surface area contributed by atoms with Crippen molar-refractivity contribution in [2.45, 2.75) is 18.8 Å². The molecule has 0 amide bonds. The number of hydrogen-bond acceptors (Lipinski definition) is 7. The number of aromatic nitrogens is 4. The number of nitrogens with zero attached hydrogens (tertiary/aromatic N) is 5. The van der Waals surface area contributed by atoms with Gasteiger partial charge in [-0.3, -0.25) is 4.79 Å². The molecule has 0 bridgehead atoms. The fourth-order valence-corrected chi connectivity index (χ4v) is 3.94. The van der Waals surface area contributed by atoms with Gasteiger partial charge in [0.2, 0.25) is 11.0 Å². The molecule has 1 saturated carbocycles. The summed E-state index contributed by atoms with van der Waals surface area (Å²) in [4.78, 5) is 21.6. The van der Waals surface area contributed by atoms with Crippen LogP contribution in [-0.4, -0.2) is 31.1 Å². The highest BCUT2D eigenvalue weighted by molar-refractivity contribution is 7.15. The van der Waals surface area contributed by atoms with Crippen LogP contribution < -0.4 is 5.56 Å². The fraction of sp³-hybridized carbons (Fsp3) is 0.150. The van der Waals surface area contributed by atoms with E-state index in [0.29, 0.717) is 33.2 Å². The van der Waals surface area contributed by atoms with E-state index in [4.69, 9.17) is 0 Å². The predicted molar refractivity (Wildman–Crippen MR) is 108 cm³/mol. The molecule has 1 N–H and O–H groups in total. The molecule has 8 heteroatoms. The Balaban J connectivity index is 1.68. The van der Waals surface area contributed by atoms with Gasteiger partial charge in [-0.1, -0.05) is 35.6 Å². The van der Waals surface area contributed by atoms with Gasteiger partial charge in [0, 0.05) is 29.1 Å². The van der Waals surface area contributed by atoms with E-state index in [1.165, 1.54) is 22.1 Å². The topological polar surface area (TPSA) is 93.3 Å². The minimum Gasteiger partial charge on any atom is -0.494 e. The van der Waals surface area contributed by atoms with Crippen LogP contribution in [0.2, 0.25) is 0 Å². The summed E-state index contributed by atoms with van der Waals surface area (Å²) < 4.78 is 1.19. The van der Waals surface area contributed by atoms with Gasteiger partial charge in [0.25, 0.3) is 5.56 Å². The summed E-state index contributed by atoms with van der Waals surface area (Å²) in [5, 5.41) is 21.8. The van der Waals surface area contributed by atoms with Gasteiger partial charge >= 0.3 is 0 Å². The van der Waals surface area contributed by atoms with Gasteiger partial charge in [0.1, 0.15) is 10.8 Å². The second kappa shape index (κ2) is 6.65. The van der Waals surface area contributed by atoms with E-state index in [0.717, 1.165) is 17.8 Å². The van der Waals surface area contributed by atoms with E-state index in [9.17, 15) is 9.90 Å². The monoisotopic (exact) mass is 389 g/mol. The molecule has 3 heterocycles. The minimum atomic E-state index is -0.337. The number of rotatable bonds is 4. The van der Waals surface area contributed by atoms with Gasteiger partial charge in [0.05, 0.1) is 5.56 Å². The van der Waals surface area contributed by atoms with Crippen LogP contribution >= 0.6 is 11.3 Å². The molecular weight excluding hydrogens is 374 g/mol. The molecular formula is C20H15N5O2S. The lowest BCUT2D eigenvalue weighted by atomic mass is 10.1. The van der Waals surface area contributed by atoms with Crippen LogP contribution in [0.3, 0.4) is 0 Å². The normalized spacial score (nSPS) is 14.1. The molecule has 4 aromatic rings. The standard InChI is InChI=1S/C20H15N5O2S/c26-18-14-6-2-1-5-13(14)15(19(27)25(18)16-7-3-4-10-21-16)11-22-20-24-23-17(28-20)12-8-9-12/h1-7,10-12,27H,8-9H2/b22-11+. The summed E-state index contributed by atoms with van der Waals surface area (Å²) in [5.74, 6) is 0.650. The van der Waals surface area contributed by atoms with E-state index in [-0.39, 0.29) is 11.4 Å². The largest absolute Gasteiger partial charge is 0.494 e. The third-order valence-corrected chi connectivity index (χ3v) is 5.64. The van der Waals surface area contributed by atoms with Crippen LogP contribution in [0.5, 0.6) is 5.88 Å². The molecule has 5 rings (SSSR count). The lowest BCUT2D eigenvalue weighted by Crippen LogP contribution is -2.20. The van der Waals surface area contributed by atoms with E-state index in [1.54, 1.807) is 42.6 Å². The molecule has 0 saturated heterocycles. The molecule has 1 aliphatic rings. The third-order valence-electron chi connectivity index (χ3n) is 4.64. The number of hydrogen-bond donors (Lipinski definition) is 1. The van der Waals surface area contributed by atoms with Crippen LogP contribution in [0.4, 0.5) is 5.13 Å². The van der Waals surface area contributed by atoms with Crippen molar-refractivity contribution < 1.29 is 5.11 Å². The first-order chi connectivity index (χ1) is 13.7. The van der Waals surface area contributed by atoms with Crippen LogP contribution in [0.15, 0.2) is 58.4 Å². The molecule has 28 heavy (non-hydrogen) atoms. The summed E-state index contributed by atoms with van der Waals surface area (Å²) in [6.07, 6.45) is 5.41. The number of aromatic hydroxyl groups is 1. The molecule has 0 unspecified atom stereocenters. The number of pyridine rings is 2. The summed E-state index contributed by atoms with van der Waals surface area (Å²) in [6.45, 7) is 0. The maximum Gasteiger partial charge on any atom is 0.267 e. The molecule has 0 spiro atoms. The third kappa shape index (κ3) is 2.87. The average Bonchev–Trinajstić information content (AvgIpc) is 3.47. The van der Waals surface area contributed by atoms with Crippen molar-refractivity contribution >= 4 is 33.5 Å². The highest BCUT2D eigenvalue weighted by Crippen LogP contribution is 2.42. The highest BCUT2D eigenvalue weighted by atomic mass is 32.1. The first-order valence-electron chi connectivity index (χ1n) is 8.88. The van der Waals surface area contributed by atoms with Gasteiger partial charge in [-0.05, 0) is 31.0 Å². The predicted octanol–water partition coefficient (Wildman–Crippen LogP) is 3.57. The average molecular weight is 389 g/mol. The Morgan fingerprint density at radius 1 is 1.11 bits per heavy atom. The Bertz CT molecular complexity index is 1260. The first-order valence-corrected chi connectivity index (χ1v) is 9.69. The quantitative estimate of drug-likeness (QED) is 0.539. The van der Waals surface area contributed by atoms with Gasteiger partial charge in [-0.15, -0.1) is 10.2 Å². The molecule has 0 atom stereocenters. The zero-order valence-corrected chi connectivity index (χ0v) is 15.5. The van der Waals surface area contributed by atoms with Crippen molar-refractivity contribution in [3.8, 4) is 11.7 Å². The number of benzene rings is 1. The second-order valence-corrected chi connectivity index (χ2v) is 7.55. The maximum atomic E-state index is 13.0. The Hall–Kier alpha value is -3.39. The van der Waals surface area contributed by atoms with Gasteiger partial charge in [-0.2, -0.15) is 0 Å². The molecule has 3 aromatic heterocycles. The summed E-state index contributed by atoms with van der Waals surface area (Å²) in [7, 11) is 0. The van der Waals surface area contributed by atoms with E-state index >= 15 is 0 Å². The Morgan fingerprint density at radius 2 is 1.89 bits per heavy atom. The number of aliphatic imine (C=N–C) groups is 1. The van der Waals surface area contributed by atoms with Crippen LogP contribution in [-0.2, 0) is 0 Å². The summed E-state index contributed by atoms with van der Waals surface area (Å²) >= 11 is 1.46. The smallest absolute Gasteiger partial charge is 0.267 e. The Kier molecular flexibility index (Phi) is 3.98. The minimum absolute atomic E-state index is 0.210. The zero-order valence-electron chi connectivity index (χ0n) is 14.7. The van der Waals surface area contributed by atoms with Crippen LogP contribution in [0.25, 0.3) is 16.6 Å². The second-order valence-electron chi connectivity index (χ2n) is 6.57. The molecule has 1 aliphatic carbocycles. The van der Waals surface area contributed by atoms with Gasteiger partial charge in [0.15, 0.2) is 0 Å². The number of fused-ring (bicyclic) bond motifs is 1. The Morgan fingerprint density at radius 3 is 2.64 bits per heavy atom. The van der Waals surface area contributed by atoms with Crippen molar-refractivity contribution in [1.29, 1.82) is 0 Å². The highest BCUT2D eigenvalue weighted by Gasteiger charge is 2.27. The molecule has 1 fully saturated rings. The molecule has 0 aliphatic heterocycles. The SMILES string of the molecule is O=c1c2ccccc2c(/C=N/c2nnc(C3CC3)s2)c(O)n1-c1ccccn1. The van der Waals surface area contributed by atoms with Crippen molar-refractivity contribution in [2.75, 3.05) is 0 Å². The van der Waals surface area contributed by atoms with E-state index in [2.05, 4.69) is 20.2 Å². The zero-order chi connectivity index (χ0) is 19.1. The summed E-state index contributed by atoms with van der Waals surface area (Å²) in [5.41, 5.74) is 0.0971. The van der Waals surface area contributed by atoms with Crippen molar-refractivity contribution in [3.63, 3.8) is 0 Å². The summed E-state index contributed by atoms with van der Waals surface area (Å²) in [6, 6.07) is 12.3. The van der Waals surface area contributed by atoms with Gasteiger partial charge < -0.3 is 5.11 Å². The molecule has 1 aromatic carbocycles. The maximum absolute atomic E-state index is 13.0. The van der Waals surface area contributed by atoms with Crippen LogP contribution in [0, 0.1) is 0 Å². The first kappa shape index (κ1) is 16.8. The lowest BCUT2D eigenvalue weighted by Gasteiger charge is -2.12. The molecule has 7 nitrogen and oxygen atoms in total. The van der Waals surface area contributed by atoms with E-state index in [1.807, 2.05) is 6.07 Å². The van der Waals surface area contributed by atoms with Gasteiger partial charge in [-0.25, -0.2) is 14.5 Å². The van der Waals surface area contributed by atoms with Crippen molar-refractivity contribution in [2.24, 2.45) is 4.99 Å². The fourth-order valence-electron chi connectivity index (χ4n) is 3.08. The molecule has 138 valence electrons. The lowest BCUT2D eigenvalue weighted by molar-refractivity contribution is 0.435. The molecule has 0 radical (unpaired) electrons. The van der Waals surface area contributed by atoms with Crippen molar-refractivity contribution in [3.05, 3.63) is 69.6 Å². The van der Waals surface area contributed by atoms with E-state index < -0.39 is 0 Å². The van der Waals surface area contributed by atoms with Crippen molar-refractivity contribution in [1.82, 2.24) is 19.7 Å². The van der Waals surface area contributed by atoms with Crippen LogP contribution in [0.1, 0.15) is 29.3 Å².